The number of anilines is 1. The second kappa shape index (κ2) is 11.4. The average molecular weight is 488 g/mol. The van der Waals surface area contributed by atoms with Crippen molar-refractivity contribution in [1.82, 2.24) is 10.3 Å². The molecule has 0 aliphatic rings. The van der Waals surface area contributed by atoms with Gasteiger partial charge in [0.15, 0.2) is 0 Å². The van der Waals surface area contributed by atoms with Crippen LogP contribution in [0.25, 0.3) is 22.3 Å². The van der Waals surface area contributed by atoms with Crippen molar-refractivity contribution in [2.45, 2.75) is 26.3 Å². The number of aromatic nitrogens is 1. The first-order valence-corrected chi connectivity index (χ1v) is 11.8. The second-order valence-corrected chi connectivity index (χ2v) is 8.82. The van der Waals surface area contributed by atoms with E-state index in [4.69, 9.17) is 14.3 Å². The normalized spacial score (nSPS) is 11.9. The number of nitrogens with zero attached hydrogens (tertiary/aromatic N) is 1. The summed E-state index contributed by atoms with van der Waals surface area (Å²) in [4.78, 5) is 27.2. The molecule has 0 fully saturated rings. The standard InChI is InChI=1S/C28H29N3O5/c1-18(2)23(31-22-10-7-19(8-11-22)28(34)29-14-13-27(32)33)17-35-26-12-9-21(16-30-26)25-15-20-5-3-4-6-24(20)36-25/h3-12,15-16,18,23,31H,13-14,17H2,1-2H3,(H,29,34)(H,32,33). The zero-order valence-electron chi connectivity index (χ0n) is 20.2. The van der Waals surface area contributed by atoms with Gasteiger partial charge in [-0.2, -0.15) is 0 Å². The molecule has 8 nitrogen and oxygen atoms in total. The van der Waals surface area contributed by atoms with Gasteiger partial charge in [0, 0.05) is 41.0 Å². The lowest BCUT2D eigenvalue weighted by atomic mass is 10.0. The van der Waals surface area contributed by atoms with E-state index in [0.29, 0.717) is 18.1 Å². The fourth-order valence-electron chi connectivity index (χ4n) is 3.63. The Balaban J connectivity index is 1.32. The molecule has 1 amide bonds. The molecule has 3 N–H and O–H groups in total. The van der Waals surface area contributed by atoms with Gasteiger partial charge in [-0.1, -0.05) is 32.0 Å². The number of carboxylic acids is 1. The Labute approximate surface area is 209 Å². The molecule has 2 aromatic carbocycles. The predicted molar refractivity (Wildman–Crippen MR) is 138 cm³/mol. The molecular weight excluding hydrogens is 458 g/mol. The van der Waals surface area contributed by atoms with E-state index in [-0.39, 0.29) is 30.8 Å². The van der Waals surface area contributed by atoms with Gasteiger partial charge in [-0.05, 0) is 48.4 Å². The highest BCUT2D eigenvalue weighted by atomic mass is 16.5. The molecule has 1 unspecified atom stereocenters. The lowest BCUT2D eigenvalue weighted by Gasteiger charge is -2.23. The maximum Gasteiger partial charge on any atom is 0.305 e. The van der Waals surface area contributed by atoms with Gasteiger partial charge in [-0.15, -0.1) is 0 Å². The number of furan rings is 1. The highest BCUT2D eigenvalue weighted by molar-refractivity contribution is 5.94. The van der Waals surface area contributed by atoms with E-state index >= 15 is 0 Å². The van der Waals surface area contributed by atoms with Crippen LogP contribution < -0.4 is 15.4 Å². The number of ether oxygens (including phenoxy) is 1. The first kappa shape index (κ1) is 24.8. The Kier molecular flexibility index (Phi) is 7.85. The van der Waals surface area contributed by atoms with E-state index in [9.17, 15) is 9.59 Å². The van der Waals surface area contributed by atoms with E-state index in [1.165, 1.54) is 0 Å². The Morgan fingerprint density at radius 3 is 2.50 bits per heavy atom. The maximum absolute atomic E-state index is 12.1. The van der Waals surface area contributed by atoms with Crippen LogP contribution in [0.5, 0.6) is 5.88 Å². The minimum absolute atomic E-state index is 0.0112. The van der Waals surface area contributed by atoms with Gasteiger partial charge in [0.1, 0.15) is 18.0 Å². The molecule has 0 aliphatic heterocycles. The van der Waals surface area contributed by atoms with Crippen LogP contribution in [-0.4, -0.2) is 41.2 Å². The van der Waals surface area contributed by atoms with Crippen LogP contribution in [-0.2, 0) is 4.79 Å². The Morgan fingerprint density at radius 1 is 1.06 bits per heavy atom. The lowest BCUT2D eigenvalue weighted by Crippen LogP contribution is -2.32. The summed E-state index contributed by atoms with van der Waals surface area (Å²) in [7, 11) is 0. The van der Waals surface area contributed by atoms with E-state index < -0.39 is 5.97 Å². The van der Waals surface area contributed by atoms with Crippen molar-refractivity contribution >= 4 is 28.5 Å². The quantitative estimate of drug-likeness (QED) is 0.266. The predicted octanol–water partition coefficient (Wildman–Crippen LogP) is 5.21. The number of hydrogen-bond acceptors (Lipinski definition) is 6. The maximum atomic E-state index is 12.1. The van der Waals surface area contributed by atoms with Gasteiger partial charge in [0.25, 0.3) is 5.91 Å². The summed E-state index contributed by atoms with van der Waals surface area (Å²) in [5, 5.41) is 15.8. The molecule has 2 aromatic heterocycles. The topological polar surface area (TPSA) is 114 Å². The molecule has 0 saturated carbocycles. The Bertz CT molecular complexity index is 1280. The molecule has 0 radical (unpaired) electrons. The first-order valence-electron chi connectivity index (χ1n) is 11.8. The zero-order valence-corrected chi connectivity index (χ0v) is 20.2. The molecule has 0 saturated heterocycles. The van der Waals surface area contributed by atoms with Crippen molar-refractivity contribution in [1.29, 1.82) is 0 Å². The third-order valence-electron chi connectivity index (χ3n) is 5.79. The summed E-state index contributed by atoms with van der Waals surface area (Å²) < 4.78 is 11.9. The SMILES string of the molecule is CC(C)C(COc1ccc(-c2cc3ccccc3o2)cn1)Nc1ccc(C(=O)NCCC(=O)O)cc1. The van der Waals surface area contributed by atoms with Crippen LogP contribution in [0.1, 0.15) is 30.6 Å². The third kappa shape index (κ3) is 6.41. The highest BCUT2D eigenvalue weighted by Crippen LogP contribution is 2.28. The summed E-state index contributed by atoms with van der Waals surface area (Å²) in [6, 6.07) is 20.7. The number of pyridine rings is 1. The van der Waals surface area contributed by atoms with Crippen molar-refractivity contribution in [3.8, 4) is 17.2 Å². The van der Waals surface area contributed by atoms with E-state index in [0.717, 1.165) is 28.0 Å². The molecule has 8 heteroatoms. The number of benzene rings is 2. The molecule has 0 aliphatic carbocycles. The van der Waals surface area contributed by atoms with Gasteiger partial charge in [-0.25, -0.2) is 4.98 Å². The molecule has 2 heterocycles. The highest BCUT2D eigenvalue weighted by Gasteiger charge is 2.16. The molecule has 4 aromatic rings. The van der Waals surface area contributed by atoms with E-state index in [1.54, 1.807) is 18.3 Å². The van der Waals surface area contributed by atoms with Crippen LogP contribution in [0.15, 0.2) is 77.3 Å². The second-order valence-electron chi connectivity index (χ2n) is 8.82. The largest absolute Gasteiger partial charge is 0.481 e. The van der Waals surface area contributed by atoms with Crippen LogP contribution in [0.3, 0.4) is 0 Å². The van der Waals surface area contributed by atoms with Crippen LogP contribution in [0, 0.1) is 5.92 Å². The number of rotatable bonds is 11. The smallest absolute Gasteiger partial charge is 0.305 e. The summed E-state index contributed by atoms with van der Waals surface area (Å²) in [5.41, 5.74) is 3.04. The van der Waals surface area contributed by atoms with Crippen molar-refractivity contribution in [3.63, 3.8) is 0 Å². The van der Waals surface area contributed by atoms with Gasteiger partial charge >= 0.3 is 5.97 Å². The minimum atomic E-state index is -0.950. The fourth-order valence-corrected chi connectivity index (χ4v) is 3.63. The summed E-state index contributed by atoms with van der Waals surface area (Å²) in [6.07, 6.45) is 1.63. The third-order valence-corrected chi connectivity index (χ3v) is 5.79. The number of nitrogens with one attached hydrogen (secondary N) is 2. The van der Waals surface area contributed by atoms with Gasteiger partial charge in [0.05, 0.1) is 12.5 Å². The number of fused-ring (bicyclic) bond motifs is 1. The molecular formula is C28H29N3O5. The molecule has 36 heavy (non-hydrogen) atoms. The van der Waals surface area contributed by atoms with Crippen LogP contribution in [0.2, 0.25) is 0 Å². The number of carbonyl (C=O) groups excluding carboxylic acids is 1. The number of carbonyl (C=O) groups is 2. The monoisotopic (exact) mass is 487 g/mol. The Morgan fingerprint density at radius 2 is 1.83 bits per heavy atom. The fraction of sp³-hybridized carbons (Fsp3) is 0.250. The number of hydrogen-bond donors (Lipinski definition) is 3. The van der Waals surface area contributed by atoms with Gasteiger partial charge < -0.3 is 24.9 Å². The van der Waals surface area contributed by atoms with Gasteiger partial charge in [0.2, 0.25) is 5.88 Å². The molecule has 0 bridgehead atoms. The summed E-state index contributed by atoms with van der Waals surface area (Å²) in [6.45, 7) is 4.70. The molecule has 1 atom stereocenters. The van der Waals surface area contributed by atoms with Gasteiger partial charge in [-0.3, -0.25) is 9.59 Å². The molecule has 0 spiro atoms. The van der Waals surface area contributed by atoms with Crippen LogP contribution in [0.4, 0.5) is 5.69 Å². The van der Waals surface area contributed by atoms with Crippen molar-refractivity contribution in [2.75, 3.05) is 18.5 Å². The number of carboxylic acid groups (broad SMARTS) is 1. The molecule has 186 valence electrons. The van der Waals surface area contributed by atoms with Crippen molar-refractivity contribution in [3.05, 3.63) is 78.5 Å². The van der Waals surface area contributed by atoms with Crippen LogP contribution >= 0.6 is 0 Å². The number of para-hydroxylation sites is 1. The van der Waals surface area contributed by atoms with E-state index in [1.807, 2.05) is 54.6 Å². The average Bonchev–Trinajstić information content (AvgIpc) is 3.31. The zero-order chi connectivity index (χ0) is 25.5. The van der Waals surface area contributed by atoms with Crippen molar-refractivity contribution < 1.29 is 23.8 Å². The number of amides is 1. The number of aliphatic carboxylic acids is 1. The summed E-state index contributed by atoms with van der Waals surface area (Å²) >= 11 is 0. The lowest BCUT2D eigenvalue weighted by molar-refractivity contribution is -0.136. The Hall–Kier alpha value is -4.33. The van der Waals surface area contributed by atoms with Crippen molar-refractivity contribution in [2.24, 2.45) is 5.92 Å². The van der Waals surface area contributed by atoms with E-state index in [2.05, 4.69) is 29.5 Å². The molecule has 4 rings (SSSR count). The first-order chi connectivity index (χ1) is 17.4. The summed E-state index contributed by atoms with van der Waals surface area (Å²) in [5.74, 6) is 0.309. The minimum Gasteiger partial charge on any atom is -0.481 e.